The fourth-order valence-electron chi connectivity index (χ4n) is 5.17. The van der Waals surface area contributed by atoms with Crippen molar-refractivity contribution < 1.29 is 22.7 Å². The number of carbonyl (C=O) groups excluding carboxylic acids is 2. The van der Waals surface area contributed by atoms with Crippen LogP contribution in [0.25, 0.3) is 0 Å². The molecule has 12 heteroatoms. The third kappa shape index (κ3) is 10.2. The Morgan fingerprint density at radius 1 is 0.918 bits per heavy atom. The first-order valence-electron chi connectivity index (χ1n) is 15.7. The second-order valence-corrected chi connectivity index (χ2v) is 15.9. The number of carbonyl (C=O) groups is 2. The second-order valence-electron chi connectivity index (χ2n) is 12.3. The highest BCUT2D eigenvalue weighted by atomic mass is 35.5. The number of amides is 2. The number of hydrogen-bond acceptors (Lipinski definition) is 6. The minimum Gasteiger partial charge on any atom is -0.492 e. The maximum absolute atomic E-state index is 14.8. The van der Waals surface area contributed by atoms with Crippen LogP contribution in [0.3, 0.4) is 0 Å². The van der Waals surface area contributed by atoms with Gasteiger partial charge in [-0.25, -0.2) is 8.42 Å². The lowest BCUT2D eigenvalue weighted by molar-refractivity contribution is -0.140. The van der Waals surface area contributed by atoms with Gasteiger partial charge >= 0.3 is 0 Å². The summed E-state index contributed by atoms with van der Waals surface area (Å²) in [6.07, 6.45) is 2.06. The number of nitrogens with zero attached hydrogens (tertiary/aromatic N) is 2. The molecular formula is C37H41Cl2N3O5S2. The zero-order valence-corrected chi connectivity index (χ0v) is 31.3. The van der Waals surface area contributed by atoms with E-state index in [4.69, 9.17) is 27.9 Å². The largest absolute Gasteiger partial charge is 0.492 e. The molecule has 0 aliphatic rings. The monoisotopic (exact) mass is 741 g/mol. The molecule has 0 aliphatic heterocycles. The van der Waals surface area contributed by atoms with Gasteiger partial charge in [0.05, 0.1) is 17.2 Å². The Morgan fingerprint density at radius 2 is 1.57 bits per heavy atom. The quantitative estimate of drug-likeness (QED) is 0.132. The molecule has 0 radical (unpaired) electrons. The van der Waals surface area contributed by atoms with Crippen molar-refractivity contribution in [1.29, 1.82) is 0 Å². The molecule has 0 bridgehead atoms. The Morgan fingerprint density at radius 3 is 2.18 bits per heavy atom. The Labute approximate surface area is 303 Å². The molecule has 4 rings (SSSR count). The average molecular weight is 743 g/mol. The minimum absolute atomic E-state index is 0.00279. The summed E-state index contributed by atoms with van der Waals surface area (Å²) in [6, 6.07) is 26.4. The van der Waals surface area contributed by atoms with Crippen LogP contribution in [0.15, 0.2) is 107 Å². The van der Waals surface area contributed by atoms with E-state index < -0.39 is 40.0 Å². The smallest absolute Gasteiger partial charge is 0.264 e. The van der Waals surface area contributed by atoms with Crippen molar-refractivity contribution in [2.45, 2.75) is 62.0 Å². The molecule has 4 aromatic carbocycles. The zero-order chi connectivity index (χ0) is 35.8. The average Bonchev–Trinajstić information content (AvgIpc) is 3.06. The van der Waals surface area contributed by atoms with Gasteiger partial charge in [0, 0.05) is 33.4 Å². The van der Waals surface area contributed by atoms with E-state index in [2.05, 4.69) is 5.32 Å². The predicted molar refractivity (Wildman–Crippen MR) is 199 cm³/mol. The summed E-state index contributed by atoms with van der Waals surface area (Å²) in [4.78, 5) is 31.2. The second kappa shape index (κ2) is 16.8. The van der Waals surface area contributed by atoms with Gasteiger partial charge < -0.3 is 15.0 Å². The summed E-state index contributed by atoms with van der Waals surface area (Å²) in [5.74, 6) is -0.723. The molecule has 0 unspecified atom stereocenters. The topological polar surface area (TPSA) is 96.0 Å². The normalized spacial score (nSPS) is 12.2. The van der Waals surface area contributed by atoms with Gasteiger partial charge in [0.15, 0.2) is 0 Å². The number of para-hydroxylation sites is 2. The molecule has 1 N–H and O–H groups in total. The third-order valence-corrected chi connectivity index (χ3v) is 10.6. The summed E-state index contributed by atoms with van der Waals surface area (Å²) in [6.45, 7) is 6.91. The maximum Gasteiger partial charge on any atom is 0.264 e. The Bertz CT molecular complexity index is 1850. The number of sulfonamides is 1. The molecule has 2 amide bonds. The van der Waals surface area contributed by atoms with E-state index in [1.807, 2.05) is 57.4 Å². The number of halogens is 2. The highest BCUT2D eigenvalue weighted by molar-refractivity contribution is 7.98. The third-order valence-electron chi connectivity index (χ3n) is 7.49. The van der Waals surface area contributed by atoms with Crippen LogP contribution in [0.5, 0.6) is 5.75 Å². The van der Waals surface area contributed by atoms with Crippen LogP contribution >= 0.6 is 35.0 Å². The summed E-state index contributed by atoms with van der Waals surface area (Å²) < 4.78 is 35.8. The van der Waals surface area contributed by atoms with Crippen molar-refractivity contribution in [2.75, 3.05) is 23.7 Å². The highest BCUT2D eigenvalue weighted by Gasteiger charge is 2.36. The Balaban J connectivity index is 1.87. The first-order valence-corrected chi connectivity index (χ1v) is 19.1. The van der Waals surface area contributed by atoms with E-state index in [9.17, 15) is 18.0 Å². The van der Waals surface area contributed by atoms with E-state index in [1.165, 1.54) is 28.8 Å². The molecule has 0 saturated heterocycles. The van der Waals surface area contributed by atoms with Gasteiger partial charge in [-0.15, -0.1) is 11.8 Å². The molecule has 1 atom stereocenters. The van der Waals surface area contributed by atoms with Crippen LogP contribution in [0.4, 0.5) is 5.69 Å². The van der Waals surface area contributed by atoms with Crippen LogP contribution in [0.1, 0.15) is 38.8 Å². The van der Waals surface area contributed by atoms with Crippen LogP contribution in [0, 0.1) is 0 Å². The fraction of sp³-hybridized carbons (Fsp3) is 0.297. The summed E-state index contributed by atoms with van der Waals surface area (Å²) in [5, 5.41) is 3.74. The molecule has 0 spiro atoms. The van der Waals surface area contributed by atoms with Gasteiger partial charge in [-0.2, -0.15) is 0 Å². The summed E-state index contributed by atoms with van der Waals surface area (Å²) >= 11 is 14.3. The molecule has 0 aliphatic carbocycles. The number of ether oxygens (including phenoxy) is 1. The van der Waals surface area contributed by atoms with Crippen LogP contribution in [-0.2, 0) is 32.6 Å². The van der Waals surface area contributed by atoms with Gasteiger partial charge in [-0.1, -0.05) is 71.7 Å². The lowest BCUT2D eigenvalue weighted by Gasteiger charge is -2.35. The van der Waals surface area contributed by atoms with E-state index >= 15 is 0 Å². The highest BCUT2D eigenvalue weighted by Crippen LogP contribution is 2.34. The summed E-state index contributed by atoms with van der Waals surface area (Å²) in [7, 11) is -4.32. The molecular weight excluding hydrogens is 701 g/mol. The number of anilines is 1. The van der Waals surface area contributed by atoms with E-state index in [0.717, 1.165) is 14.8 Å². The van der Waals surface area contributed by atoms with E-state index in [1.54, 1.807) is 61.5 Å². The van der Waals surface area contributed by atoms with Gasteiger partial charge in [0.25, 0.3) is 10.0 Å². The molecule has 0 fully saturated rings. The van der Waals surface area contributed by atoms with Gasteiger partial charge in [-0.3, -0.25) is 13.9 Å². The van der Waals surface area contributed by atoms with Gasteiger partial charge in [0.1, 0.15) is 18.3 Å². The van der Waals surface area contributed by atoms with Gasteiger partial charge in [0.2, 0.25) is 11.8 Å². The number of hydrogen-bond donors (Lipinski definition) is 1. The van der Waals surface area contributed by atoms with Crippen LogP contribution < -0.4 is 14.4 Å². The number of nitrogens with one attached hydrogen (secondary N) is 1. The standard InChI is InChI=1S/C37H41Cl2N3O5S2/c1-6-47-34-15-11-10-14-32(34)42(49(45,46)30-20-18-29(48-5)19-21-30)25-35(43)41(24-27-16-17-28(38)23-31(27)39)33(36(44)40-37(2,3)4)22-26-12-8-7-9-13-26/h7-21,23,33H,6,22,24-25H2,1-5H3,(H,40,44)/t33-/m1/s1. The predicted octanol–water partition coefficient (Wildman–Crippen LogP) is 7.86. The van der Waals surface area contributed by atoms with E-state index in [-0.39, 0.29) is 30.2 Å². The molecule has 49 heavy (non-hydrogen) atoms. The lowest BCUT2D eigenvalue weighted by Crippen LogP contribution is -2.56. The lowest BCUT2D eigenvalue weighted by atomic mass is 10.0. The maximum atomic E-state index is 14.8. The molecule has 0 aromatic heterocycles. The van der Waals surface area contributed by atoms with Crippen molar-refractivity contribution in [3.63, 3.8) is 0 Å². The number of benzene rings is 4. The van der Waals surface area contributed by atoms with Crippen molar-refractivity contribution in [3.8, 4) is 5.75 Å². The Kier molecular flexibility index (Phi) is 13.1. The molecule has 8 nitrogen and oxygen atoms in total. The zero-order valence-electron chi connectivity index (χ0n) is 28.2. The first-order chi connectivity index (χ1) is 23.2. The number of thioether (sulfide) groups is 1. The van der Waals surface area contributed by atoms with Crippen LogP contribution in [0.2, 0.25) is 10.0 Å². The molecule has 0 saturated carbocycles. The first kappa shape index (κ1) is 38.1. The molecule has 4 aromatic rings. The van der Waals surface area contributed by atoms with E-state index in [0.29, 0.717) is 21.4 Å². The van der Waals surface area contributed by atoms with Crippen molar-refractivity contribution in [2.24, 2.45) is 0 Å². The van der Waals surface area contributed by atoms with Crippen molar-refractivity contribution in [3.05, 3.63) is 118 Å². The van der Waals surface area contributed by atoms with Crippen molar-refractivity contribution >= 4 is 62.5 Å². The molecule has 260 valence electrons. The molecule has 0 heterocycles. The van der Waals surface area contributed by atoms with Crippen LogP contribution in [-0.4, -0.2) is 56.1 Å². The number of rotatable bonds is 14. The Hall–Kier alpha value is -3.70. The van der Waals surface area contributed by atoms with Crippen molar-refractivity contribution in [1.82, 2.24) is 10.2 Å². The fourth-order valence-corrected chi connectivity index (χ4v) is 7.47. The minimum atomic E-state index is -4.32. The van der Waals surface area contributed by atoms with Gasteiger partial charge in [-0.05, 0) is 93.6 Å². The SMILES string of the molecule is CCOc1ccccc1N(CC(=O)N(Cc1ccc(Cl)cc1Cl)[C@H](Cc1ccccc1)C(=O)NC(C)(C)C)S(=O)(=O)c1ccc(SC)cc1. The summed E-state index contributed by atoms with van der Waals surface area (Å²) in [5.41, 5.74) is 0.928.